The summed E-state index contributed by atoms with van der Waals surface area (Å²) >= 11 is 6.73. The smallest absolute Gasteiger partial charge is 0.274 e. The molecule has 1 amide bonds. The van der Waals surface area contributed by atoms with Crippen molar-refractivity contribution < 1.29 is 39.4 Å². The van der Waals surface area contributed by atoms with E-state index < -0.39 is 37.3 Å². The Morgan fingerprint density at radius 1 is 1.09 bits per heavy atom. The predicted octanol–water partition coefficient (Wildman–Crippen LogP) is 2.81. The molecule has 45 heavy (non-hydrogen) atoms. The van der Waals surface area contributed by atoms with E-state index in [1.165, 1.54) is 0 Å². The van der Waals surface area contributed by atoms with Gasteiger partial charge in [0.15, 0.2) is 0 Å². The van der Waals surface area contributed by atoms with Gasteiger partial charge in [0.2, 0.25) is 6.29 Å². The highest BCUT2D eigenvalue weighted by atomic mass is 35.5. The standard InChI is InChI=1S/C33H38ClN3O8/c1-17(34)22-15-37(32(42)24-13-18-12-19(8-9-23(18)35-24)43-11-10-36(2)3)25-14-26(20-6-4-5-7-21(20)28(22)25)44-33-31(41)30(40)29(39)27(16-38)45-33/h4-9,12-14,17,22,27,29-31,33,35,38-41H,10-11,15-16H2,1-3H3/t17?,22-,27?,29-,30?,31?,33+/m0/s1. The molecule has 1 fully saturated rings. The van der Waals surface area contributed by atoms with E-state index in [-0.39, 0.29) is 17.2 Å². The van der Waals surface area contributed by atoms with Gasteiger partial charge in [-0.05, 0) is 56.2 Å². The van der Waals surface area contributed by atoms with E-state index in [1.54, 1.807) is 17.0 Å². The van der Waals surface area contributed by atoms with E-state index in [1.807, 2.05) is 68.4 Å². The molecule has 2 aliphatic heterocycles. The van der Waals surface area contributed by atoms with Gasteiger partial charge in [0.25, 0.3) is 5.91 Å². The highest BCUT2D eigenvalue weighted by Crippen LogP contribution is 2.48. The first-order valence-corrected chi connectivity index (χ1v) is 15.4. The number of nitrogens with zero attached hydrogens (tertiary/aromatic N) is 2. The summed E-state index contributed by atoms with van der Waals surface area (Å²) in [4.78, 5) is 21.1. The molecule has 4 aromatic rings. The second-order valence-corrected chi connectivity index (χ2v) is 12.6. The van der Waals surface area contributed by atoms with Gasteiger partial charge < -0.3 is 49.4 Å². The van der Waals surface area contributed by atoms with Crippen molar-refractivity contribution in [2.24, 2.45) is 0 Å². The van der Waals surface area contributed by atoms with Gasteiger partial charge in [-0.25, -0.2) is 0 Å². The van der Waals surface area contributed by atoms with Crippen LogP contribution in [0.2, 0.25) is 0 Å². The van der Waals surface area contributed by atoms with Gasteiger partial charge in [0.05, 0.1) is 12.3 Å². The van der Waals surface area contributed by atoms with Crippen molar-refractivity contribution in [2.75, 3.05) is 45.3 Å². The van der Waals surface area contributed by atoms with Crippen LogP contribution < -0.4 is 14.4 Å². The number of aliphatic hydroxyl groups is 4. The minimum Gasteiger partial charge on any atom is -0.492 e. The van der Waals surface area contributed by atoms with Gasteiger partial charge in [-0.15, -0.1) is 11.6 Å². The molecule has 5 N–H and O–H groups in total. The van der Waals surface area contributed by atoms with Crippen molar-refractivity contribution in [1.29, 1.82) is 0 Å². The molecule has 0 aliphatic carbocycles. The summed E-state index contributed by atoms with van der Waals surface area (Å²) < 4.78 is 17.7. The molecule has 3 heterocycles. The summed E-state index contributed by atoms with van der Waals surface area (Å²) in [7, 11) is 3.96. The number of carbonyl (C=O) groups is 1. The van der Waals surface area contributed by atoms with E-state index in [2.05, 4.69) is 4.98 Å². The molecule has 6 rings (SSSR count). The molecule has 2 aliphatic rings. The van der Waals surface area contributed by atoms with Crippen LogP contribution in [0.1, 0.15) is 28.9 Å². The van der Waals surface area contributed by atoms with Crippen molar-refractivity contribution in [3.63, 3.8) is 0 Å². The molecule has 3 aromatic carbocycles. The first-order valence-electron chi connectivity index (χ1n) is 15.0. The van der Waals surface area contributed by atoms with Gasteiger partial charge >= 0.3 is 0 Å². The molecule has 1 aromatic heterocycles. The lowest BCUT2D eigenvalue weighted by Gasteiger charge is -2.39. The lowest BCUT2D eigenvalue weighted by atomic mass is 9.92. The maximum Gasteiger partial charge on any atom is 0.274 e. The third-order valence-corrected chi connectivity index (χ3v) is 8.89. The number of hydrogen-bond donors (Lipinski definition) is 5. The van der Waals surface area contributed by atoms with Crippen LogP contribution in [-0.4, -0.2) is 113 Å². The summed E-state index contributed by atoms with van der Waals surface area (Å²) in [6.07, 6.45) is -7.22. The first kappa shape index (κ1) is 31.6. The number of alkyl halides is 1. The largest absolute Gasteiger partial charge is 0.492 e. The quantitative estimate of drug-likeness (QED) is 0.174. The van der Waals surface area contributed by atoms with Crippen LogP contribution in [0, 0.1) is 0 Å². The maximum atomic E-state index is 14.2. The van der Waals surface area contributed by atoms with Crippen LogP contribution in [0.25, 0.3) is 21.7 Å². The molecule has 0 saturated carbocycles. The number of rotatable bonds is 9. The molecule has 12 heteroatoms. The number of benzene rings is 3. The number of fused-ring (bicyclic) bond motifs is 4. The zero-order valence-electron chi connectivity index (χ0n) is 25.3. The highest BCUT2D eigenvalue weighted by Gasteiger charge is 2.45. The Balaban J connectivity index is 1.36. The zero-order chi connectivity index (χ0) is 32.0. The molecule has 7 atom stereocenters. The average Bonchev–Trinajstić information content (AvgIpc) is 3.63. The Hall–Kier alpha value is -3.42. The number of anilines is 1. The molecule has 240 valence electrons. The van der Waals surface area contributed by atoms with Crippen LogP contribution in [-0.2, 0) is 4.74 Å². The third-order valence-electron chi connectivity index (χ3n) is 8.59. The summed E-state index contributed by atoms with van der Waals surface area (Å²) in [6, 6.07) is 16.7. The number of likely N-dealkylation sites (N-methyl/N-ethyl adjacent to an activating group) is 1. The second kappa shape index (κ2) is 12.8. The fourth-order valence-electron chi connectivity index (χ4n) is 6.11. The minimum atomic E-state index is -1.60. The van der Waals surface area contributed by atoms with Crippen LogP contribution in [0.4, 0.5) is 5.69 Å². The number of aromatic amines is 1. The molecular formula is C33H38ClN3O8. The number of aromatic nitrogens is 1. The zero-order valence-corrected chi connectivity index (χ0v) is 26.0. The molecule has 11 nitrogen and oxygen atoms in total. The number of aliphatic hydroxyl groups excluding tert-OH is 4. The average molecular weight is 640 g/mol. The van der Waals surface area contributed by atoms with E-state index in [9.17, 15) is 25.2 Å². The summed E-state index contributed by atoms with van der Waals surface area (Å²) in [6.45, 7) is 2.97. The van der Waals surface area contributed by atoms with Gasteiger partial charge in [-0.3, -0.25) is 4.79 Å². The van der Waals surface area contributed by atoms with Gasteiger partial charge in [-0.2, -0.15) is 0 Å². The van der Waals surface area contributed by atoms with Crippen LogP contribution >= 0.6 is 11.6 Å². The Morgan fingerprint density at radius 3 is 2.56 bits per heavy atom. The van der Waals surface area contributed by atoms with Gasteiger partial charge in [0, 0.05) is 46.7 Å². The summed E-state index contributed by atoms with van der Waals surface area (Å²) in [5.41, 5.74) is 2.69. The second-order valence-electron chi connectivity index (χ2n) is 12.0. The number of hydrogen-bond acceptors (Lipinski definition) is 9. The summed E-state index contributed by atoms with van der Waals surface area (Å²) in [5, 5.41) is 43.0. The van der Waals surface area contributed by atoms with Crippen LogP contribution in [0.3, 0.4) is 0 Å². The minimum absolute atomic E-state index is 0.182. The lowest BCUT2D eigenvalue weighted by molar-refractivity contribution is -0.277. The van der Waals surface area contributed by atoms with E-state index in [0.717, 1.165) is 28.4 Å². The van der Waals surface area contributed by atoms with Crippen LogP contribution in [0.5, 0.6) is 11.5 Å². The number of ether oxygens (including phenoxy) is 3. The van der Waals surface area contributed by atoms with Gasteiger partial charge in [-0.1, -0.05) is 24.3 Å². The fourth-order valence-corrected chi connectivity index (χ4v) is 6.32. The summed E-state index contributed by atoms with van der Waals surface area (Å²) in [5.74, 6) is 0.575. The first-order chi connectivity index (χ1) is 21.6. The van der Waals surface area contributed by atoms with Crippen LogP contribution in [0.15, 0.2) is 54.6 Å². The third kappa shape index (κ3) is 5.97. The molecular weight excluding hydrogens is 602 g/mol. The number of nitrogens with one attached hydrogen (secondary N) is 1. The number of H-pyrrole nitrogens is 1. The van der Waals surface area contributed by atoms with Crippen molar-refractivity contribution in [3.05, 3.63) is 65.9 Å². The Labute approximate surface area is 265 Å². The number of amides is 1. The monoisotopic (exact) mass is 639 g/mol. The Bertz CT molecular complexity index is 1690. The van der Waals surface area contributed by atoms with Crippen molar-refractivity contribution >= 4 is 44.9 Å². The van der Waals surface area contributed by atoms with Crippen molar-refractivity contribution in [2.45, 2.75) is 48.9 Å². The molecule has 4 unspecified atom stereocenters. The Morgan fingerprint density at radius 2 is 1.84 bits per heavy atom. The highest BCUT2D eigenvalue weighted by molar-refractivity contribution is 6.22. The predicted molar refractivity (Wildman–Crippen MR) is 170 cm³/mol. The topological polar surface area (TPSA) is 148 Å². The lowest BCUT2D eigenvalue weighted by Crippen LogP contribution is -2.60. The molecule has 0 bridgehead atoms. The van der Waals surface area contributed by atoms with E-state index in [4.69, 9.17) is 25.8 Å². The fraction of sp³-hybridized carbons (Fsp3) is 0.424. The normalized spacial score (nSPS) is 25.6. The van der Waals surface area contributed by atoms with Crippen molar-refractivity contribution in [1.82, 2.24) is 9.88 Å². The van der Waals surface area contributed by atoms with Gasteiger partial charge in [0.1, 0.15) is 48.2 Å². The molecule has 0 spiro atoms. The number of carbonyl (C=O) groups excluding carboxylic acids is 1. The SMILES string of the molecule is CC(Cl)[C@@H]1CN(C(=O)c2cc3cc(OCCN(C)C)ccc3[nH]2)c2cc(O[C@@H]3OC(CO)[C@H](O)C(O)C3O)c3ccccc3c21. The molecule has 1 saturated heterocycles. The van der Waals surface area contributed by atoms with E-state index in [0.29, 0.717) is 41.4 Å². The Kier molecular flexibility index (Phi) is 8.95. The number of halogens is 1. The maximum absolute atomic E-state index is 14.2. The molecule has 0 radical (unpaired) electrons. The van der Waals surface area contributed by atoms with Crippen molar-refractivity contribution in [3.8, 4) is 11.5 Å². The van der Waals surface area contributed by atoms with E-state index >= 15 is 0 Å².